The van der Waals surface area contributed by atoms with Crippen LogP contribution in [0, 0.1) is 0 Å². The number of nitrogens with one attached hydrogen (secondary N) is 1. The van der Waals surface area contributed by atoms with E-state index in [2.05, 4.69) is 11.9 Å². The molecule has 84 valence electrons. The predicted octanol–water partition coefficient (Wildman–Crippen LogP) is 3.19. The minimum atomic E-state index is 0.220. The molecule has 0 bridgehead atoms. The lowest BCUT2D eigenvalue weighted by Gasteiger charge is -2.04. The molecule has 1 aliphatic rings. The highest BCUT2D eigenvalue weighted by molar-refractivity contribution is 5.96. The van der Waals surface area contributed by atoms with Crippen molar-refractivity contribution in [3.05, 3.63) is 41.5 Å². The van der Waals surface area contributed by atoms with Crippen LogP contribution in [0.2, 0.25) is 0 Å². The van der Waals surface area contributed by atoms with Crippen LogP contribution in [0.3, 0.4) is 0 Å². The first kappa shape index (κ1) is 10.9. The Kier molecular flexibility index (Phi) is 3.09. The summed E-state index contributed by atoms with van der Waals surface area (Å²) in [5, 5.41) is 3.29. The first-order valence-electron chi connectivity index (χ1n) is 5.71. The van der Waals surface area contributed by atoms with Crippen LogP contribution in [-0.2, 0) is 6.42 Å². The summed E-state index contributed by atoms with van der Waals surface area (Å²) in [6.07, 6.45) is 2.38. The maximum atomic E-state index is 11.9. The van der Waals surface area contributed by atoms with Gasteiger partial charge in [-0.2, -0.15) is 0 Å². The lowest BCUT2D eigenvalue weighted by molar-refractivity contribution is 0.0983. The van der Waals surface area contributed by atoms with E-state index >= 15 is 0 Å². The van der Waals surface area contributed by atoms with Crippen molar-refractivity contribution in [2.45, 2.75) is 26.2 Å². The fourth-order valence-corrected chi connectivity index (χ4v) is 1.95. The SMILES string of the molecule is C=C(C)CCC(=O)c1ccc2c(c1)CCN2. The van der Waals surface area contributed by atoms with Gasteiger partial charge in [-0.05, 0) is 43.5 Å². The second-order valence-corrected chi connectivity index (χ2v) is 4.43. The van der Waals surface area contributed by atoms with Crippen LogP contribution in [0.5, 0.6) is 0 Å². The van der Waals surface area contributed by atoms with Crippen LogP contribution in [0.1, 0.15) is 35.7 Å². The van der Waals surface area contributed by atoms with E-state index < -0.39 is 0 Å². The molecule has 0 radical (unpaired) electrons. The molecule has 2 nitrogen and oxygen atoms in total. The minimum absolute atomic E-state index is 0.220. The Balaban J connectivity index is 2.09. The molecule has 1 aromatic carbocycles. The zero-order valence-corrected chi connectivity index (χ0v) is 9.68. The molecular formula is C14H17NO. The highest BCUT2D eigenvalue weighted by Gasteiger charge is 2.13. The quantitative estimate of drug-likeness (QED) is 0.617. The van der Waals surface area contributed by atoms with Gasteiger partial charge in [-0.25, -0.2) is 0 Å². The molecule has 0 fully saturated rings. The zero-order valence-electron chi connectivity index (χ0n) is 9.68. The van der Waals surface area contributed by atoms with Gasteiger partial charge in [-0.3, -0.25) is 4.79 Å². The van der Waals surface area contributed by atoms with E-state index in [1.165, 1.54) is 11.3 Å². The number of anilines is 1. The standard InChI is InChI=1S/C14H17NO/c1-10(2)3-6-14(16)12-4-5-13-11(9-12)7-8-15-13/h4-5,9,15H,1,3,6-8H2,2H3. The second kappa shape index (κ2) is 4.52. The Bertz CT molecular complexity index is 434. The average molecular weight is 215 g/mol. The van der Waals surface area contributed by atoms with Crippen molar-refractivity contribution >= 4 is 11.5 Å². The fourth-order valence-electron chi connectivity index (χ4n) is 1.95. The van der Waals surface area contributed by atoms with Crippen LogP contribution in [0.15, 0.2) is 30.4 Å². The summed E-state index contributed by atoms with van der Waals surface area (Å²) in [5.41, 5.74) is 4.34. The zero-order chi connectivity index (χ0) is 11.5. The topological polar surface area (TPSA) is 29.1 Å². The third-order valence-electron chi connectivity index (χ3n) is 2.92. The second-order valence-electron chi connectivity index (χ2n) is 4.43. The summed E-state index contributed by atoms with van der Waals surface area (Å²) < 4.78 is 0. The van der Waals surface area contributed by atoms with Gasteiger partial charge in [0.2, 0.25) is 0 Å². The molecule has 0 atom stereocenters. The van der Waals surface area contributed by atoms with Crippen LogP contribution < -0.4 is 5.32 Å². The molecule has 1 heterocycles. The van der Waals surface area contributed by atoms with Gasteiger partial charge in [0.05, 0.1) is 0 Å². The van der Waals surface area contributed by atoms with Crippen molar-refractivity contribution < 1.29 is 4.79 Å². The summed E-state index contributed by atoms with van der Waals surface area (Å²) >= 11 is 0. The van der Waals surface area contributed by atoms with E-state index in [9.17, 15) is 4.79 Å². The molecule has 1 N–H and O–H groups in total. The summed E-state index contributed by atoms with van der Waals surface area (Å²) in [4.78, 5) is 11.9. The molecule has 16 heavy (non-hydrogen) atoms. The lowest BCUT2D eigenvalue weighted by atomic mass is 10.0. The number of fused-ring (bicyclic) bond motifs is 1. The van der Waals surface area contributed by atoms with E-state index in [-0.39, 0.29) is 5.78 Å². The molecular weight excluding hydrogens is 198 g/mol. The van der Waals surface area contributed by atoms with Crippen molar-refractivity contribution in [1.29, 1.82) is 0 Å². The molecule has 2 heteroatoms. The van der Waals surface area contributed by atoms with Crippen molar-refractivity contribution in [2.75, 3.05) is 11.9 Å². The van der Waals surface area contributed by atoms with Gasteiger partial charge in [-0.15, -0.1) is 6.58 Å². The molecule has 0 aromatic heterocycles. The van der Waals surface area contributed by atoms with Crippen LogP contribution in [-0.4, -0.2) is 12.3 Å². The maximum Gasteiger partial charge on any atom is 0.163 e. The molecule has 0 aliphatic carbocycles. The van der Waals surface area contributed by atoms with E-state index in [0.29, 0.717) is 6.42 Å². The maximum absolute atomic E-state index is 11.9. The number of carbonyl (C=O) groups excluding carboxylic acids is 1. The molecule has 0 saturated carbocycles. The normalized spacial score (nSPS) is 13.1. The van der Waals surface area contributed by atoms with Gasteiger partial charge in [0.25, 0.3) is 0 Å². The van der Waals surface area contributed by atoms with Gasteiger partial charge >= 0.3 is 0 Å². The Morgan fingerprint density at radius 2 is 2.25 bits per heavy atom. The summed E-state index contributed by atoms with van der Waals surface area (Å²) in [6.45, 7) is 6.76. The summed E-state index contributed by atoms with van der Waals surface area (Å²) in [6, 6.07) is 5.95. The number of hydrogen-bond acceptors (Lipinski definition) is 2. The monoisotopic (exact) mass is 215 g/mol. The van der Waals surface area contributed by atoms with E-state index in [1.54, 1.807) is 0 Å². The minimum Gasteiger partial charge on any atom is -0.384 e. The van der Waals surface area contributed by atoms with Gasteiger partial charge in [-0.1, -0.05) is 5.57 Å². The lowest BCUT2D eigenvalue weighted by Crippen LogP contribution is -1.99. The van der Waals surface area contributed by atoms with Crippen molar-refractivity contribution in [3.8, 4) is 0 Å². The Morgan fingerprint density at radius 3 is 3.00 bits per heavy atom. The van der Waals surface area contributed by atoms with Crippen molar-refractivity contribution in [3.63, 3.8) is 0 Å². The van der Waals surface area contributed by atoms with Crippen LogP contribution in [0.25, 0.3) is 0 Å². The number of ketones is 1. The van der Waals surface area contributed by atoms with E-state index in [1.807, 2.05) is 25.1 Å². The van der Waals surface area contributed by atoms with Crippen LogP contribution in [0.4, 0.5) is 5.69 Å². The summed E-state index contributed by atoms with van der Waals surface area (Å²) in [7, 11) is 0. The molecule has 0 unspecified atom stereocenters. The summed E-state index contributed by atoms with van der Waals surface area (Å²) in [5.74, 6) is 0.220. The highest BCUT2D eigenvalue weighted by Crippen LogP contribution is 2.23. The first-order chi connectivity index (χ1) is 7.66. The van der Waals surface area contributed by atoms with Gasteiger partial charge in [0, 0.05) is 24.2 Å². The number of allylic oxidation sites excluding steroid dienone is 1. The van der Waals surface area contributed by atoms with Crippen molar-refractivity contribution in [1.82, 2.24) is 0 Å². The smallest absolute Gasteiger partial charge is 0.163 e. The number of Topliss-reactive ketones (excluding diaryl/α,β-unsaturated/α-hetero) is 1. The molecule has 1 aliphatic heterocycles. The van der Waals surface area contributed by atoms with Gasteiger partial charge in [0.1, 0.15) is 0 Å². The van der Waals surface area contributed by atoms with Crippen LogP contribution >= 0.6 is 0 Å². The number of rotatable bonds is 4. The fraction of sp³-hybridized carbons (Fsp3) is 0.357. The number of carbonyl (C=O) groups is 1. The number of benzene rings is 1. The van der Waals surface area contributed by atoms with Crippen molar-refractivity contribution in [2.24, 2.45) is 0 Å². The predicted molar refractivity (Wildman–Crippen MR) is 67.0 cm³/mol. The van der Waals surface area contributed by atoms with Gasteiger partial charge in [0.15, 0.2) is 5.78 Å². The number of hydrogen-bond donors (Lipinski definition) is 1. The molecule has 0 saturated heterocycles. The van der Waals surface area contributed by atoms with E-state index in [4.69, 9.17) is 0 Å². The largest absolute Gasteiger partial charge is 0.384 e. The first-order valence-corrected chi connectivity index (χ1v) is 5.71. The molecule has 0 amide bonds. The Morgan fingerprint density at radius 1 is 1.44 bits per heavy atom. The Hall–Kier alpha value is -1.57. The third-order valence-corrected chi connectivity index (χ3v) is 2.92. The van der Waals surface area contributed by atoms with Gasteiger partial charge < -0.3 is 5.32 Å². The van der Waals surface area contributed by atoms with E-state index in [0.717, 1.165) is 30.5 Å². The Labute approximate surface area is 96.4 Å². The molecule has 2 rings (SSSR count). The molecule has 1 aromatic rings. The molecule has 0 spiro atoms. The third kappa shape index (κ3) is 2.32. The average Bonchev–Trinajstić information content (AvgIpc) is 2.72. The highest BCUT2D eigenvalue weighted by atomic mass is 16.1.